The zero-order chi connectivity index (χ0) is 29.1. The molecule has 3 aromatic carbocycles. The summed E-state index contributed by atoms with van der Waals surface area (Å²) in [6.45, 7) is 7.69. The van der Waals surface area contributed by atoms with Crippen molar-refractivity contribution < 1.29 is 13.9 Å². The number of nitrogens with zero attached hydrogens (tertiary/aromatic N) is 2. The van der Waals surface area contributed by atoms with Crippen LogP contribution in [0.1, 0.15) is 68.7 Å². The molecule has 0 radical (unpaired) electrons. The molecule has 1 amide bonds. The van der Waals surface area contributed by atoms with Gasteiger partial charge in [-0.15, -0.1) is 0 Å². The highest BCUT2D eigenvalue weighted by Crippen LogP contribution is 2.40. The summed E-state index contributed by atoms with van der Waals surface area (Å²) in [5.74, 6) is 0.156. The van der Waals surface area contributed by atoms with Crippen LogP contribution in [-0.4, -0.2) is 31.2 Å². The van der Waals surface area contributed by atoms with Crippen molar-refractivity contribution in [3.63, 3.8) is 0 Å². The molecule has 41 heavy (non-hydrogen) atoms. The highest BCUT2D eigenvalue weighted by molar-refractivity contribution is 5.94. The molecule has 1 aliphatic rings. The van der Waals surface area contributed by atoms with E-state index >= 15 is 0 Å². The number of nitrogens with one attached hydrogen (secondary N) is 1. The van der Waals surface area contributed by atoms with Crippen LogP contribution in [0, 0.1) is 19.7 Å². The number of hydrogen-bond donors (Lipinski definition) is 2. The van der Waals surface area contributed by atoms with Gasteiger partial charge in [-0.25, -0.2) is 9.37 Å². The number of carbonyl (C=O) groups excluding carboxylic acids is 1. The third kappa shape index (κ3) is 5.95. The summed E-state index contributed by atoms with van der Waals surface area (Å²) in [5.41, 5.74) is 15.8. The summed E-state index contributed by atoms with van der Waals surface area (Å²) in [5, 5.41) is 3.06. The molecular formula is C34H37FN4O2. The topological polar surface area (TPSA) is 80.5 Å². The Balaban J connectivity index is 1.44. The van der Waals surface area contributed by atoms with Crippen molar-refractivity contribution in [2.45, 2.75) is 46.1 Å². The second-order valence-electron chi connectivity index (χ2n) is 10.7. The lowest BCUT2D eigenvalue weighted by molar-refractivity contribution is 0.0950. The minimum absolute atomic E-state index is 0.0601. The summed E-state index contributed by atoms with van der Waals surface area (Å²) in [6.07, 6.45) is 1.62. The zero-order valence-corrected chi connectivity index (χ0v) is 24.1. The van der Waals surface area contributed by atoms with Gasteiger partial charge in [0.2, 0.25) is 0 Å². The fourth-order valence-electron chi connectivity index (χ4n) is 5.91. The van der Waals surface area contributed by atoms with E-state index in [4.69, 9.17) is 10.5 Å². The number of benzene rings is 3. The summed E-state index contributed by atoms with van der Waals surface area (Å²) in [7, 11) is 1.72. The fraction of sp³-hybridized carbons (Fsp3) is 0.294. The minimum Gasteiger partial charge on any atom is -0.384 e. The average Bonchev–Trinajstić information content (AvgIpc) is 2.94. The summed E-state index contributed by atoms with van der Waals surface area (Å²) < 4.78 is 19.7. The van der Waals surface area contributed by atoms with Crippen LogP contribution in [0.3, 0.4) is 0 Å². The number of pyridine rings is 1. The van der Waals surface area contributed by atoms with Crippen molar-refractivity contribution in [2.75, 3.05) is 30.9 Å². The normalized spacial score (nSPS) is 13.8. The van der Waals surface area contributed by atoms with Crippen molar-refractivity contribution >= 4 is 23.1 Å². The quantitative estimate of drug-likeness (QED) is 0.245. The molecule has 1 heterocycles. The highest BCUT2D eigenvalue weighted by atomic mass is 19.1. The monoisotopic (exact) mass is 552 g/mol. The molecule has 1 aliphatic carbocycles. The van der Waals surface area contributed by atoms with Gasteiger partial charge in [0.05, 0.1) is 6.61 Å². The fourth-order valence-corrected chi connectivity index (χ4v) is 5.91. The molecule has 3 N–H and O–H groups in total. The maximum Gasteiger partial charge on any atom is 0.251 e. The number of ether oxygens (including phenoxy) is 1. The van der Waals surface area contributed by atoms with Gasteiger partial charge in [0.25, 0.3) is 5.91 Å². The van der Waals surface area contributed by atoms with Crippen LogP contribution >= 0.6 is 0 Å². The number of anilines is 3. The molecule has 212 valence electrons. The maximum atomic E-state index is 14.1. The predicted octanol–water partition coefficient (Wildman–Crippen LogP) is 6.58. The van der Waals surface area contributed by atoms with Crippen molar-refractivity contribution in [1.29, 1.82) is 0 Å². The molecule has 4 aromatic rings. The van der Waals surface area contributed by atoms with Crippen LogP contribution in [0.15, 0.2) is 66.7 Å². The second kappa shape index (κ2) is 12.1. The van der Waals surface area contributed by atoms with Gasteiger partial charge in [0.15, 0.2) is 0 Å². The summed E-state index contributed by atoms with van der Waals surface area (Å²) >= 11 is 0. The van der Waals surface area contributed by atoms with Crippen LogP contribution in [0.2, 0.25) is 0 Å². The molecule has 1 atom stereocenters. The van der Waals surface area contributed by atoms with Crippen LogP contribution in [-0.2, 0) is 17.7 Å². The largest absolute Gasteiger partial charge is 0.384 e. The van der Waals surface area contributed by atoms with Gasteiger partial charge in [0, 0.05) is 48.7 Å². The Hall–Kier alpha value is -4.23. The minimum atomic E-state index is -0.251. The zero-order valence-electron chi connectivity index (χ0n) is 24.1. The van der Waals surface area contributed by atoms with E-state index in [2.05, 4.69) is 46.4 Å². The van der Waals surface area contributed by atoms with E-state index in [-0.39, 0.29) is 17.6 Å². The Kier molecular flexibility index (Phi) is 8.36. The molecule has 5 rings (SSSR count). The van der Waals surface area contributed by atoms with Gasteiger partial charge in [-0.3, -0.25) is 4.79 Å². The number of nitrogen functional groups attached to an aromatic ring is 1. The number of aryl methyl sites for hydroxylation is 2. The lowest BCUT2D eigenvalue weighted by Gasteiger charge is -2.31. The summed E-state index contributed by atoms with van der Waals surface area (Å²) in [4.78, 5) is 19.7. The number of halogens is 1. The Bertz CT molecular complexity index is 1560. The van der Waals surface area contributed by atoms with Gasteiger partial charge in [-0.1, -0.05) is 25.1 Å². The lowest BCUT2D eigenvalue weighted by Crippen LogP contribution is -2.25. The van der Waals surface area contributed by atoms with Crippen LogP contribution in [0.4, 0.5) is 21.6 Å². The SMILES string of the molecule is CCCN(c1cccc(F)c1)c1ccc2c(c1)Cc1cc(C(=O)NCc3c(C)cc(N)nc3C)ccc1[C@H]2COC. The number of rotatable bonds is 9. The van der Waals surface area contributed by atoms with Crippen molar-refractivity contribution in [1.82, 2.24) is 10.3 Å². The maximum absolute atomic E-state index is 14.1. The molecule has 0 saturated heterocycles. The Morgan fingerprint density at radius 1 is 1.05 bits per heavy atom. The van der Waals surface area contributed by atoms with Gasteiger partial charge in [0.1, 0.15) is 11.6 Å². The lowest BCUT2D eigenvalue weighted by atomic mass is 9.77. The molecule has 6 nitrogen and oxygen atoms in total. The third-order valence-corrected chi connectivity index (χ3v) is 7.88. The van der Waals surface area contributed by atoms with Crippen LogP contribution in [0.25, 0.3) is 0 Å². The molecule has 0 bridgehead atoms. The number of fused-ring (bicyclic) bond motifs is 2. The first-order valence-corrected chi connectivity index (χ1v) is 14.1. The smallest absolute Gasteiger partial charge is 0.251 e. The predicted molar refractivity (Wildman–Crippen MR) is 162 cm³/mol. The third-order valence-electron chi connectivity index (χ3n) is 7.88. The van der Waals surface area contributed by atoms with E-state index < -0.39 is 0 Å². The van der Waals surface area contributed by atoms with Gasteiger partial charge >= 0.3 is 0 Å². The number of carbonyl (C=O) groups is 1. The van der Waals surface area contributed by atoms with E-state index in [1.165, 1.54) is 22.8 Å². The van der Waals surface area contributed by atoms with Gasteiger partial charge < -0.3 is 20.7 Å². The Labute approximate surface area is 241 Å². The van der Waals surface area contributed by atoms with E-state index in [1.54, 1.807) is 19.2 Å². The highest BCUT2D eigenvalue weighted by Gasteiger charge is 2.27. The molecule has 0 saturated carbocycles. The van der Waals surface area contributed by atoms with Gasteiger partial charge in [-0.2, -0.15) is 0 Å². The van der Waals surface area contributed by atoms with E-state index in [0.717, 1.165) is 46.7 Å². The van der Waals surface area contributed by atoms with E-state index in [1.807, 2.05) is 38.1 Å². The molecular weight excluding hydrogens is 515 g/mol. The molecule has 0 fully saturated rings. The first-order valence-electron chi connectivity index (χ1n) is 14.1. The van der Waals surface area contributed by atoms with Crippen molar-refractivity contribution in [2.24, 2.45) is 0 Å². The number of methoxy groups -OCH3 is 1. The number of amides is 1. The van der Waals surface area contributed by atoms with E-state index in [0.29, 0.717) is 31.0 Å². The molecule has 0 spiro atoms. The number of aromatic nitrogens is 1. The average molecular weight is 553 g/mol. The molecule has 0 unspecified atom stereocenters. The first kappa shape index (κ1) is 28.3. The molecule has 1 aromatic heterocycles. The Morgan fingerprint density at radius 3 is 2.49 bits per heavy atom. The Morgan fingerprint density at radius 2 is 1.78 bits per heavy atom. The second-order valence-corrected chi connectivity index (χ2v) is 10.7. The number of nitrogens with two attached hydrogens (primary N) is 1. The standard InChI is InChI=1S/C34H37FN4O2/c1-5-13-39(27-8-6-7-26(35)18-27)28-10-12-30-25(17-28)16-24-15-23(9-11-29(24)32(30)20-41-4)34(40)37-19-31-21(2)14-33(36)38-22(31)3/h6-12,14-15,17-18,32H,5,13,16,19-20H2,1-4H3,(H2,36,38)(H,37,40)/t32-/m1/s1. The van der Waals surface area contributed by atoms with Crippen molar-refractivity contribution in [3.8, 4) is 0 Å². The van der Waals surface area contributed by atoms with Crippen LogP contribution < -0.4 is 16.0 Å². The first-order chi connectivity index (χ1) is 19.8. The summed E-state index contributed by atoms with van der Waals surface area (Å²) in [6, 6.07) is 21.0. The molecule has 7 heteroatoms. The van der Waals surface area contributed by atoms with E-state index in [9.17, 15) is 9.18 Å². The molecule has 0 aliphatic heterocycles. The van der Waals surface area contributed by atoms with Gasteiger partial charge in [-0.05, 0) is 109 Å². The number of hydrogen-bond acceptors (Lipinski definition) is 5. The van der Waals surface area contributed by atoms with Crippen molar-refractivity contribution in [3.05, 3.63) is 117 Å². The van der Waals surface area contributed by atoms with Crippen LogP contribution in [0.5, 0.6) is 0 Å².